The number of fused-ring (bicyclic) bond motifs is 2. The van der Waals surface area contributed by atoms with E-state index in [9.17, 15) is 35.1 Å². The second kappa shape index (κ2) is 5.12. The second-order valence-electron chi connectivity index (χ2n) is 4.84. The molecule has 0 atom stereocenters. The lowest BCUT2D eigenvalue weighted by Gasteiger charge is -2.25. The maximum absolute atomic E-state index is 13.8. The Hall–Kier alpha value is -1.77. The van der Waals surface area contributed by atoms with Crippen LogP contribution in [0.1, 0.15) is 11.1 Å². The standard InChI is InChI=1S/C13H2BClF8/c15-14-4-2(6(16)10(20)12(22)8(4)18)1-3-5(14)9(19)13(23)11(21)7(3)17/h1H2. The third-order valence-corrected chi connectivity index (χ3v) is 4.11. The highest BCUT2D eigenvalue weighted by Crippen LogP contribution is 2.28. The van der Waals surface area contributed by atoms with E-state index >= 15 is 0 Å². The fourth-order valence-corrected chi connectivity index (χ4v) is 3.04. The summed E-state index contributed by atoms with van der Waals surface area (Å²) in [5.41, 5.74) is -3.75. The molecule has 0 fully saturated rings. The van der Waals surface area contributed by atoms with Crippen LogP contribution in [0.25, 0.3) is 0 Å². The number of hydrogen-bond donors (Lipinski definition) is 0. The van der Waals surface area contributed by atoms with Gasteiger partial charge in [0.1, 0.15) is 0 Å². The third-order valence-electron chi connectivity index (χ3n) is 3.67. The fourth-order valence-electron chi connectivity index (χ4n) is 2.58. The van der Waals surface area contributed by atoms with Crippen molar-refractivity contribution in [3.63, 3.8) is 0 Å². The van der Waals surface area contributed by atoms with E-state index in [2.05, 4.69) is 0 Å². The predicted octanol–water partition coefficient (Wildman–Crippen LogP) is 3.05. The molecular formula is C13H2BClF8. The van der Waals surface area contributed by atoms with Crippen molar-refractivity contribution in [3.05, 3.63) is 57.7 Å². The largest absolute Gasteiger partial charge is 0.322 e. The highest BCUT2D eigenvalue weighted by Gasteiger charge is 2.41. The van der Waals surface area contributed by atoms with Gasteiger partial charge in [-0.3, -0.25) is 0 Å². The maximum Gasteiger partial charge on any atom is 0.322 e. The molecule has 0 aliphatic carbocycles. The van der Waals surface area contributed by atoms with Crippen molar-refractivity contribution in [2.24, 2.45) is 0 Å². The summed E-state index contributed by atoms with van der Waals surface area (Å²) >= 11 is 5.69. The van der Waals surface area contributed by atoms with Crippen LogP contribution >= 0.6 is 11.5 Å². The van der Waals surface area contributed by atoms with Gasteiger partial charge in [-0.2, -0.15) is 11.5 Å². The highest BCUT2D eigenvalue weighted by atomic mass is 35.5. The van der Waals surface area contributed by atoms with Crippen molar-refractivity contribution < 1.29 is 35.1 Å². The van der Waals surface area contributed by atoms with E-state index < -0.39 is 81.1 Å². The van der Waals surface area contributed by atoms with Gasteiger partial charge in [0, 0.05) is 6.42 Å². The normalized spacial score (nSPS) is 13.2. The van der Waals surface area contributed by atoms with Gasteiger partial charge in [0.15, 0.2) is 46.5 Å². The number of rotatable bonds is 0. The van der Waals surface area contributed by atoms with Gasteiger partial charge in [0.2, 0.25) is 0 Å². The highest BCUT2D eigenvalue weighted by molar-refractivity contribution is 7.21. The zero-order valence-electron chi connectivity index (χ0n) is 10.7. The molecule has 0 bridgehead atoms. The molecule has 0 nitrogen and oxygen atoms in total. The van der Waals surface area contributed by atoms with Gasteiger partial charge in [-0.15, -0.1) is 0 Å². The Bertz CT molecular complexity index is 797. The summed E-state index contributed by atoms with van der Waals surface area (Å²) in [5.74, 6) is -16.3. The first-order valence-corrected chi connectivity index (χ1v) is 6.45. The van der Waals surface area contributed by atoms with Crippen molar-refractivity contribution >= 4 is 28.5 Å². The van der Waals surface area contributed by atoms with Crippen molar-refractivity contribution in [2.75, 3.05) is 0 Å². The van der Waals surface area contributed by atoms with Crippen LogP contribution in [0.2, 0.25) is 0 Å². The van der Waals surface area contributed by atoms with E-state index in [-0.39, 0.29) is 0 Å². The molecule has 10 heteroatoms. The number of hydrogen-bond acceptors (Lipinski definition) is 0. The smallest absolute Gasteiger partial charge is 0.204 e. The molecule has 1 aliphatic heterocycles. The lowest BCUT2D eigenvalue weighted by atomic mass is 9.54. The number of benzene rings is 2. The monoisotopic (exact) mass is 356 g/mol. The molecule has 0 N–H and O–H groups in total. The Kier molecular flexibility index (Phi) is 3.59. The molecule has 0 radical (unpaired) electrons. The molecule has 23 heavy (non-hydrogen) atoms. The van der Waals surface area contributed by atoms with Gasteiger partial charge in [-0.1, -0.05) is 0 Å². The quantitative estimate of drug-likeness (QED) is 0.295. The molecule has 0 unspecified atom stereocenters. The second-order valence-corrected chi connectivity index (χ2v) is 5.27. The Morgan fingerprint density at radius 2 is 0.826 bits per heavy atom. The molecular weight excluding hydrogens is 354 g/mol. The summed E-state index contributed by atoms with van der Waals surface area (Å²) in [6.45, 7) is 0. The van der Waals surface area contributed by atoms with E-state index in [1.165, 1.54) is 0 Å². The van der Waals surface area contributed by atoms with Crippen LogP contribution in [0.5, 0.6) is 0 Å². The van der Waals surface area contributed by atoms with Gasteiger partial charge in [0.25, 0.3) is 0 Å². The molecule has 2 aromatic carbocycles. The minimum absolute atomic E-state index is 0.891. The first kappa shape index (κ1) is 16.1. The van der Waals surface area contributed by atoms with E-state index in [1.807, 2.05) is 0 Å². The fraction of sp³-hybridized carbons (Fsp3) is 0.0769. The van der Waals surface area contributed by atoms with Crippen LogP contribution in [-0.2, 0) is 6.42 Å². The summed E-state index contributed by atoms with van der Waals surface area (Å²) in [6, 6.07) is 0. The average molecular weight is 356 g/mol. The molecule has 0 amide bonds. The van der Waals surface area contributed by atoms with Crippen LogP contribution in [0.4, 0.5) is 35.1 Å². The van der Waals surface area contributed by atoms with Crippen LogP contribution in [0, 0.1) is 46.5 Å². The topological polar surface area (TPSA) is 0 Å². The molecule has 3 rings (SSSR count). The van der Waals surface area contributed by atoms with E-state index in [0.29, 0.717) is 0 Å². The van der Waals surface area contributed by atoms with Crippen molar-refractivity contribution in [2.45, 2.75) is 6.42 Å². The van der Waals surface area contributed by atoms with Gasteiger partial charge < -0.3 is 0 Å². The molecule has 0 saturated carbocycles. The summed E-state index contributed by atoms with van der Waals surface area (Å²) in [5, 5.41) is 0. The molecule has 0 aromatic heterocycles. The van der Waals surface area contributed by atoms with Gasteiger partial charge in [-0.25, -0.2) is 35.1 Å². The minimum Gasteiger partial charge on any atom is -0.204 e. The van der Waals surface area contributed by atoms with E-state index in [1.54, 1.807) is 0 Å². The average Bonchev–Trinajstić information content (AvgIpc) is 2.53. The molecule has 120 valence electrons. The Morgan fingerprint density at radius 3 is 1.17 bits per heavy atom. The summed E-state index contributed by atoms with van der Waals surface area (Å²) < 4.78 is 108. The Morgan fingerprint density at radius 1 is 0.522 bits per heavy atom. The summed E-state index contributed by atoms with van der Waals surface area (Å²) in [6.07, 6.45) is -3.09. The lowest BCUT2D eigenvalue weighted by molar-refractivity contribution is 0.402. The molecule has 0 saturated heterocycles. The predicted molar refractivity (Wildman–Crippen MR) is 66.2 cm³/mol. The van der Waals surface area contributed by atoms with E-state index in [4.69, 9.17) is 11.5 Å². The van der Waals surface area contributed by atoms with Crippen molar-refractivity contribution in [1.29, 1.82) is 0 Å². The summed E-state index contributed by atoms with van der Waals surface area (Å²) in [4.78, 5) is 0. The van der Waals surface area contributed by atoms with E-state index in [0.717, 1.165) is 0 Å². The molecule has 1 aliphatic rings. The maximum atomic E-state index is 13.8. The van der Waals surface area contributed by atoms with Crippen LogP contribution in [0.15, 0.2) is 0 Å². The SMILES string of the molecule is Fc1c(F)c(F)c2c(c1F)Cc1c(F)c(F)c(F)c(F)c1B2Cl. The van der Waals surface area contributed by atoms with Crippen LogP contribution in [0.3, 0.4) is 0 Å². The van der Waals surface area contributed by atoms with Crippen LogP contribution in [-0.4, -0.2) is 6.13 Å². The number of halogens is 9. The Balaban J connectivity index is 2.40. The minimum atomic E-state index is -2.20. The molecule has 0 spiro atoms. The van der Waals surface area contributed by atoms with Gasteiger partial charge >= 0.3 is 6.13 Å². The Labute approximate surface area is 128 Å². The third kappa shape index (κ3) is 1.98. The molecule has 1 heterocycles. The lowest BCUT2D eigenvalue weighted by Crippen LogP contribution is -2.51. The first-order valence-electron chi connectivity index (χ1n) is 6.01. The zero-order chi connectivity index (χ0) is 17.2. The van der Waals surface area contributed by atoms with Crippen molar-refractivity contribution in [1.82, 2.24) is 0 Å². The summed E-state index contributed by atoms with van der Waals surface area (Å²) in [7, 11) is 0. The first-order chi connectivity index (χ1) is 10.7. The van der Waals surface area contributed by atoms with Crippen LogP contribution < -0.4 is 10.9 Å². The van der Waals surface area contributed by atoms with Gasteiger partial charge in [0.05, 0.1) is 0 Å². The molecule has 2 aromatic rings. The van der Waals surface area contributed by atoms with Crippen molar-refractivity contribution in [3.8, 4) is 0 Å². The van der Waals surface area contributed by atoms with Gasteiger partial charge in [-0.05, 0) is 22.1 Å². The zero-order valence-corrected chi connectivity index (χ0v) is 11.4.